The zero-order chi connectivity index (χ0) is 13.0. The Morgan fingerprint density at radius 2 is 2.22 bits per heavy atom. The van der Waals surface area contributed by atoms with Crippen LogP contribution in [0.15, 0.2) is 24.3 Å². The third-order valence-corrected chi connectivity index (χ3v) is 3.03. The fourth-order valence-electron chi connectivity index (χ4n) is 1.92. The summed E-state index contributed by atoms with van der Waals surface area (Å²) in [5.74, 6) is 0.227. The van der Waals surface area contributed by atoms with Crippen LogP contribution in [0.25, 0.3) is 0 Å². The van der Waals surface area contributed by atoms with Gasteiger partial charge in [0.15, 0.2) is 0 Å². The highest BCUT2D eigenvalue weighted by molar-refractivity contribution is 5.93. The first-order chi connectivity index (χ1) is 8.66. The van der Waals surface area contributed by atoms with E-state index in [1.54, 1.807) is 36.2 Å². The highest BCUT2D eigenvalue weighted by Crippen LogP contribution is 2.18. The van der Waals surface area contributed by atoms with Crippen molar-refractivity contribution < 1.29 is 14.6 Å². The normalized spacial score (nSPS) is 19.5. The quantitative estimate of drug-likeness (QED) is 0.830. The third-order valence-electron chi connectivity index (χ3n) is 3.03. The smallest absolute Gasteiger partial charge is 0.228 e. The van der Waals surface area contributed by atoms with Crippen molar-refractivity contribution in [2.24, 2.45) is 0 Å². The molecule has 1 aromatic carbocycles. The number of rotatable bonds is 3. The number of amides is 1. The highest BCUT2D eigenvalue weighted by atomic mass is 16.5. The lowest BCUT2D eigenvalue weighted by molar-refractivity contribution is -0.119. The molecule has 0 aromatic heterocycles. The van der Waals surface area contributed by atoms with Crippen LogP contribution in [-0.4, -0.2) is 43.9 Å². The van der Waals surface area contributed by atoms with Gasteiger partial charge in [0.1, 0.15) is 5.75 Å². The molecule has 5 nitrogen and oxygen atoms in total. The first-order valence-corrected chi connectivity index (χ1v) is 6.03. The highest BCUT2D eigenvalue weighted by Gasteiger charge is 2.19. The molecule has 2 rings (SSSR count). The molecule has 0 aliphatic carbocycles. The van der Waals surface area contributed by atoms with Gasteiger partial charge in [0.25, 0.3) is 0 Å². The van der Waals surface area contributed by atoms with Crippen molar-refractivity contribution in [3.8, 4) is 5.75 Å². The monoisotopic (exact) mass is 250 g/mol. The Balaban J connectivity index is 1.93. The molecule has 18 heavy (non-hydrogen) atoms. The van der Waals surface area contributed by atoms with Gasteiger partial charge in [0.05, 0.1) is 13.2 Å². The molecular weight excluding hydrogens is 232 g/mol. The Kier molecular flexibility index (Phi) is 4.17. The van der Waals surface area contributed by atoms with Crippen LogP contribution in [-0.2, 0) is 9.53 Å². The van der Waals surface area contributed by atoms with Crippen LogP contribution in [0.3, 0.4) is 0 Å². The number of hydrogen-bond acceptors (Lipinski definition) is 4. The molecule has 2 N–H and O–H groups in total. The number of anilines is 1. The lowest BCUT2D eigenvalue weighted by Gasteiger charge is -2.25. The van der Waals surface area contributed by atoms with Crippen LogP contribution in [0, 0.1) is 0 Å². The maximum atomic E-state index is 12.1. The second-order valence-electron chi connectivity index (χ2n) is 4.40. The summed E-state index contributed by atoms with van der Waals surface area (Å²) in [6, 6.07) is 6.67. The van der Waals surface area contributed by atoms with Crippen LogP contribution >= 0.6 is 0 Å². The molecule has 1 unspecified atom stereocenters. The fourth-order valence-corrected chi connectivity index (χ4v) is 1.92. The number of nitrogens with zero attached hydrogens (tertiary/aromatic N) is 1. The molecule has 98 valence electrons. The Morgan fingerprint density at radius 1 is 1.50 bits per heavy atom. The average molecular weight is 250 g/mol. The second kappa shape index (κ2) is 5.84. The molecule has 1 fully saturated rings. The number of morpholine rings is 1. The van der Waals surface area contributed by atoms with E-state index in [0.717, 1.165) is 12.2 Å². The maximum Gasteiger partial charge on any atom is 0.228 e. The van der Waals surface area contributed by atoms with Crippen molar-refractivity contribution in [1.82, 2.24) is 5.32 Å². The van der Waals surface area contributed by atoms with Crippen LogP contribution in [0.1, 0.15) is 6.42 Å². The van der Waals surface area contributed by atoms with E-state index in [1.807, 2.05) is 0 Å². The van der Waals surface area contributed by atoms with Gasteiger partial charge in [-0.05, 0) is 24.3 Å². The number of nitrogens with one attached hydrogen (secondary N) is 1. The predicted octanol–water partition coefficient (Wildman–Crippen LogP) is 0.733. The van der Waals surface area contributed by atoms with Crippen LogP contribution < -0.4 is 10.2 Å². The maximum absolute atomic E-state index is 12.1. The first kappa shape index (κ1) is 12.9. The molecule has 1 aliphatic rings. The van der Waals surface area contributed by atoms with Gasteiger partial charge in [0, 0.05) is 31.7 Å². The Labute approximate surface area is 106 Å². The topological polar surface area (TPSA) is 61.8 Å². The lowest BCUT2D eigenvalue weighted by atomic mass is 10.1. The number of phenolic OH excluding ortho intramolecular Hbond substituents is 1. The molecular formula is C13H18N2O3. The van der Waals surface area contributed by atoms with Crippen LogP contribution in [0.2, 0.25) is 0 Å². The standard InChI is InChI=1S/C13H18N2O3/c1-15(11-2-4-12(16)5-3-11)13(17)8-10-9-18-7-6-14-10/h2-5,10,14,16H,6-9H2,1H3. The zero-order valence-corrected chi connectivity index (χ0v) is 10.4. The third kappa shape index (κ3) is 3.21. The van der Waals surface area contributed by atoms with Crippen molar-refractivity contribution in [2.75, 3.05) is 31.7 Å². The van der Waals surface area contributed by atoms with Gasteiger partial charge in [-0.1, -0.05) is 0 Å². The first-order valence-electron chi connectivity index (χ1n) is 6.03. The molecule has 0 radical (unpaired) electrons. The lowest BCUT2D eigenvalue weighted by Crippen LogP contribution is -2.44. The van der Waals surface area contributed by atoms with Gasteiger partial charge in [-0.3, -0.25) is 4.79 Å². The van der Waals surface area contributed by atoms with Crippen molar-refractivity contribution in [2.45, 2.75) is 12.5 Å². The second-order valence-corrected chi connectivity index (χ2v) is 4.40. The van der Waals surface area contributed by atoms with E-state index in [-0.39, 0.29) is 17.7 Å². The number of carbonyl (C=O) groups excluding carboxylic acids is 1. The number of phenols is 1. The number of ether oxygens (including phenoxy) is 1. The summed E-state index contributed by atoms with van der Waals surface area (Å²) in [4.78, 5) is 13.7. The van der Waals surface area contributed by atoms with Crippen molar-refractivity contribution in [1.29, 1.82) is 0 Å². The minimum absolute atomic E-state index is 0.0312. The van der Waals surface area contributed by atoms with Gasteiger partial charge >= 0.3 is 0 Å². The molecule has 0 saturated carbocycles. The SMILES string of the molecule is CN(C(=O)CC1COCCN1)c1ccc(O)cc1. The summed E-state index contributed by atoms with van der Waals surface area (Å²) in [7, 11) is 1.73. The number of benzene rings is 1. The van der Waals surface area contributed by atoms with Gasteiger partial charge in [0.2, 0.25) is 5.91 Å². The minimum atomic E-state index is 0.0312. The predicted molar refractivity (Wildman–Crippen MR) is 68.7 cm³/mol. The fraction of sp³-hybridized carbons (Fsp3) is 0.462. The van der Waals surface area contributed by atoms with Crippen molar-refractivity contribution in [3.63, 3.8) is 0 Å². The zero-order valence-electron chi connectivity index (χ0n) is 10.4. The van der Waals surface area contributed by atoms with E-state index in [1.165, 1.54) is 0 Å². The largest absolute Gasteiger partial charge is 0.508 e. The summed E-state index contributed by atoms with van der Waals surface area (Å²) < 4.78 is 5.32. The number of aromatic hydroxyl groups is 1. The molecule has 1 atom stereocenters. The Bertz CT molecular complexity index is 399. The van der Waals surface area contributed by atoms with E-state index >= 15 is 0 Å². The van der Waals surface area contributed by atoms with E-state index in [2.05, 4.69) is 5.32 Å². The van der Waals surface area contributed by atoms with E-state index in [0.29, 0.717) is 19.6 Å². The van der Waals surface area contributed by atoms with Gasteiger partial charge < -0.3 is 20.1 Å². The Morgan fingerprint density at radius 3 is 2.83 bits per heavy atom. The summed E-state index contributed by atoms with van der Waals surface area (Å²) >= 11 is 0. The summed E-state index contributed by atoms with van der Waals surface area (Å²) in [6.07, 6.45) is 0.414. The van der Waals surface area contributed by atoms with E-state index in [9.17, 15) is 9.90 Å². The number of hydrogen-bond donors (Lipinski definition) is 2. The van der Waals surface area contributed by atoms with E-state index in [4.69, 9.17) is 4.74 Å². The average Bonchev–Trinajstić information content (AvgIpc) is 2.40. The molecule has 1 aliphatic heterocycles. The van der Waals surface area contributed by atoms with Crippen molar-refractivity contribution >= 4 is 11.6 Å². The molecule has 1 aromatic rings. The van der Waals surface area contributed by atoms with Crippen molar-refractivity contribution in [3.05, 3.63) is 24.3 Å². The van der Waals surface area contributed by atoms with Gasteiger partial charge in [-0.2, -0.15) is 0 Å². The summed E-state index contributed by atoms with van der Waals surface area (Å²) in [5, 5.41) is 12.5. The minimum Gasteiger partial charge on any atom is -0.508 e. The van der Waals surface area contributed by atoms with Crippen LogP contribution in [0.4, 0.5) is 5.69 Å². The summed E-state index contributed by atoms with van der Waals surface area (Å²) in [6.45, 7) is 2.08. The van der Waals surface area contributed by atoms with Gasteiger partial charge in [-0.15, -0.1) is 0 Å². The molecule has 1 amide bonds. The summed E-state index contributed by atoms with van der Waals surface area (Å²) in [5.41, 5.74) is 0.773. The van der Waals surface area contributed by atoms with Gasteiger partial charge in [-0.25, -0.2) is 0 Å². The van der Waals surface area contributed by atoms with Crippen LogP contribution in [0.5, 0.6) is 5.75 Å². The molecule has 0 spiro atoms. The Hall–Kier alpha value is -1.59. The molecule has 0 bridgehead atoms. The molecule has 1 saturated heterocycles. The molecule has 1 heterocycles. The number of carbonyl (C=O) groups is 1. The van der Waals surface area contributed by atoms with E-state index < -0.39 is 0 Å². The molecule has 5 heteroatoms.